The van der Waals surface area contributed by atoms with E-state index in [9.17, 15) is 4.79 Å². The van der Waals surface area contributed by atoms with E-state index in [0.717, 1.165) is 32.6 Å². The summed E-state index contributed by atoms with van der Waals surface area (Å²) in [5.74, 6) is -0.254. The molecule has 0 aliphatic carbocycles. The lowest BCUT2D eigenvalue weighted by atomic mass is 10.1. The Labute approximate surface area is 154 Å². The van der Waals surface area contributed by atoms with Crippen LogP contribution in [0.2, 0.25) is 0 Å². The van der Waals surface area contributed by atoms with Crippen LogP contribution in [0.15, 0.2) is 60.2 Å². The van der Waals surface area contributed by atoms with Crippen LogP contribution in [-0.4, -0.2) is 20.7 Å². The van der Waals surface area contributed by atoms with Crippen LogP contribution in [0.3, 0.4) is 0 Å². The van der Waals surface area contributed by atoms with Crippen molar-refractivity contribution < 1.29 is 9.53 Å². The average molecular weight is 363 g/mol. The van der Waals surface area contributed by atoms with Crippen LogP contribution < -0.4 is 0 Å². The third-order valence-electron chi connectivity index (χ3n) is 4.05. The zero-order chi connectivity index (χ0) is 17.9. The standard InChI is InChI=1S/C20H17N3O2S/c1-23-11-17(10-21-23)20-22-18(13-26-20)12-25-19(24)9-14-6-7-15-4-2-3-5-16(15)8-14/h2-8,10-11,13H,9,12H2,1H3. The van der Waals surface area contributed by atoms with Gasteiger partial charge in [-0.25, -0.2) is 4.98 Å². The summed E-state index contributed by atoms with van der Waals surface area (Å²) in [6.45, 7) is 0.184. The fourth-order valence-electron chi connectivity index (χ4n) is 2.76. The van der Waals surface area contributed by atoms with Gasteiger partial charge in [-0.15, -0.1) is 11.3 Å². The highest BCUT2D eigenvalue weighted by Gasteiger charge is 2.10. The number of carbonyl (C=O) groups is 1. The number of esters is 1. The molecule has 2 aromatic carbocycles. The van der Waals surface area contributed by atoms with Gasteiger partial charge in [0.15, 0.2) is 0 Å². The summed E-state index contributed by atoms with van der Waals surface area (Å²) in [5, 5.41) is 9.21. The molecule has 0 aliphatic rings. The lowest BCUT2D eigenvalue weighted by molar-refractivity contribution is -0.144. The molecular weight excluding hydrogens is 346 g/mol. The van der Waals surface area contributed by atoms with Gasteiger partial charge in [-0.3, -0.25) is 9.48 Å². The van der Waals surface area contributed by atoms with Crippen LogP contribution in [0.25, 0.3) is 21.3 Å². The summed E-state index contributed by atoms with van der Waals surface area (Å²) < 4.78 is 7.12. The lowest BCUT2D eigenvalue weighted by Gasteiger charge is -2.05. The van der Waals surface area contributed by atoms with Crippen molar-refractivity contribution in [3.05, 3.63) is 71.5 Å². The molecule has 0 fully saturated rings. The largest absolute Gasteiger partial charge is 0.459 e. The maximum atomic E-state index is 12.1. The first-order valence-corrected chi connectivity index (χ1v) is 9.12. The number of benzene rings is 2. The van der Waals surface area contributed by atoms with Crippen molar-refractivity contribution in [2.75, 3.05) is 0 Å². The number of thiazole rings is 1. The summed E-state index contributed by atoms with van der Waals surface area (Å²) in [4.78, 5) is 16.6. The molecule has 0 atom stereocenters. The van der Waals surface area contributed by atoms with Gasteiger partial charge in [-0.2, -0.15) is 5.10 Å². The monoisotopic (exact) mass is 363 g/mol. The van der Waals surface area contributed by atoms with Crippen LogP contribution in [0, 0.1) is 0 Å². The summed E-state index contributed by atoms with van der Waals surface area (Å²) in [5.41, 5.74) is 2.66. The van der Waals surface area contributed by atoms with Gasteiger partial charge >= 0.3 is 5.97 Å². The quantitative estimate of drug-likeness (QED) is 0.503. The minimum absolute atomic E-state index is 0.184. The molecule has 2 heterocycles. The minimum Gasteiger partial charge on any atom is -0.459 e. The van der Waals surface area contributed by atoms with E-state index >= 15 is 0 Å². The van der Waals surface area contributed by atoms with Gasteiger partial charge in [-0.05, 0) is 16.3 Å². The molecule has 0 amide bonds. The van der Waals surface area contributed by atoms with Gasteiger partial charge in [0.2, 0.25) is 0 Å². The molecule has 0 spiro atoms. The highest BCUT2D eigenvalue weighted by Crippen LogP contribution is 2.23. The van der Waals surface area contributed by atoms with Crippen LogP contribution in [0.4, 0.5) is 0 Å². The van der Waals surface area contributed by atoms with Crippen LogP contribution in [0.5, 0.6) is 0 Å². The number of hydrogen-bond acceptors (Lipinski definition) is 5. The second kappa shape index (κ2) is 7.09. The Bertz CT molecular complexity index is 1070. The molecule has 0 saturated heterocycles. The average Bonchev–Trinajstić information content (AvgIpc) is 3.29. The molecule has 26 heavy (non-hydrogen) atoms. The molecule has 130 valence electrons. The van der Waals surface area contributed by atoms with Crippen molar-refractivity contribution in [1.82, 2.24) is 14.8 Å². The second-order valence-corrected chi connectivity index (χ2v) is 6.92. The van der Waals surface area contributed by atoms with Crippen molar-refractivity contribution in [3.8, 4) is 10.6 Å². The number of ether oxygens (including phenoxy) is 1. The van der Waals surface area contributed by atoms with Crippen molar-refractivity contribution in [1.29, 1.82) is 0 Å². The van der Waals surface area contributed by atoms with E-state index in [1.807, 2.05) is 55.0 Å². The summed E-state index contributed by atoms with van der Waals surface area (Å²) in [7, 11) is 1.87. The number of rotatable bonds is 5. The van der Waals surface area contributed by atoms with Crippen LogP contribution in [0.1, 0.15) is 11.3 Å². The van der Waals surface area contributed by atoms with Gasteiger partial charge in [-0.1, -0.05) is 42.5 Å². The van der Waals surface area contributed by atoms with Crippen molar-refractivity contribution in [2.24, 2.45) is 7.05 Å². The maximum Gasteiger partial charge on any atom is 0.310 e. The molecule has 0 bridgehead atoms. The normalized spacial score (nSPS) is 11.0. The Hall–Kier alpha value is -2.99. The summed E-state index contributed by atoms with van der Waals surface area (Å²) in [6.07, 6.45) is 3.94. The second-order valence-electron chi connectivity index (χ2n) is 6.07. The zero-order valence-electron chi connectivity index (χ0n) is 14.3. The molecule has 0 radical (unpaired) electrons. The molecule has 4 rings (SSSR count). The van der Waals surface area contributed by atoms with Crippen LogP contribution in [-0.2, 0) is 29.6 Å². The number of aryl methyl sites for hydroxylation is 1. The van der Waals surface area contributed by atoms with E-state index in [1.54, 1.807) is 10.9 Å². The predicted octanol–water partition coefficient (Wildman–Crippen LogP) is 3.98. The Balaban J connectivity index is 1.37. The molecule has 0 saturated carbocycles. The molecule has 2 aromatic heterocycles. The van der Waals surface area contributed by atoms with Gasteiger partial charge < -0.3 is 4.74 Å². The van der Waals surface area contributed by atoms with E-state index in [-0.39, 0.29) is 19.0 Å². The third kappa shape index (κ3) is 3.65. The lowest BCUT2D eigenvalue weighted by Crippen LogP contribution is -2.08. The fourth-order valence-corrected chi connectivity index (χ4v) is 3.54. The molecule has 0 aliphatic heterocycles. The summed E-state index contributed by atoms with van der Waals surface area (Å²) in [6, 6.07) is 14.1. The van der Waals surface area contributed by atoms with Gasteiger partial charge in [0.25, 0.3) is 0 Å². The smallest absolute Gasteiger partial charge is 0.310 e. The van der Waals surface area contributed by atoms with E-state index in [2.05, 4.69) is 16.1 Å². The Morgan fingerprint density at radius 2 is 2.04 bits per heavy atom. The van der Waals surface area contributed by atoms with Gasteiger partial charge in [0.05, 0.1) is 18.3 Å². The number of carbonyl (C=O) groups excluding carboxylic acids is 1. The number of hydrogen-bond donors (Lipinski definition) is 0. The first-order chi connectivity index (χ1) is 12.7. The topological polar surface area (TPSA) is 57.0 Å². The SMILES string of the molecule is Cn1cc(-c2nc(COC(=O)Cc3ccc4ccccc4c3)cs2)cn1. The van der Waals surface area contributed by atoms with E-state index in [4.69, 9.17) is 4.74 Å². The van der Waals surface area contributed by atoms with E-state index < -0.39 is 0 Å². The van der Waals surface area contributed by atoms with Crippen molar-refractivity contribution in [3.63, 3.8) is 0 Å². The Morgan fingerprint density at radius 1 is 1.19 bits per heavy atom. The number of aromatic nitrogens is 3. The first kappa shape index (κ1) is 16.5. The Kier molecular flexibility index (Phi) is 4.50. The molecular formula is C20H17N3O2S. The molecule has 4 aromatic rings. The molecule has 6 heteroatoms. The highest BCUT2D eigenvalue weighted by atomic mass is 32.1. The van der Waals surface area contributed by atoms with E-state index in [0.29, 0.717) is 0 Å². The molecule has 5 nitrogen and oxygen atoms in total. The number of nitrogens with zero attached hydrogens (tertiary/aromatic N) is 3. The van der Waals surface area contributed by atoms with Crippen LogP contribution >= 0.6 is 11.3 Å². The van der Waals surface area contributed by atoms with Crippen molar-refractivity contribution in [2.45, 2.75) is 13.0 Å². The van der Waals surface area contributed by atoms with Gasteiger partial charge in [0.1, 0.15) is 11.6 Å². The van der Waals surface area contributed by atoms with Gasteiger partial charge in [0, 0.05) is 24.2 Å². The fraction of sp³-hybridized carbons (Fsp3) is 0.150. The highest BCUT2D eigenvalue weighted by molar-refractivity contribution is 7.13. The number of fused-ring (bicyclic) bond motifs is 1. The van der Waals surface area contributed by atoms with Crippen molar-refractivity contribution >= 4 is 28.1 Å². The predicted molar refractivity (Wildman–Crippen MR) is 102 cm³/mol. The molecule has 0 N–H and O–H groups in total. The third-order valence-corrected chi connectivity index (χ3v) is 4.99. The first-order valence-electron chi connectivity index (χ1n) is 8.24. The summed E-state index contributed by atoms with van der Waals surface area (Å²) >= 11 is 1.52. The van der Waals surface area contributed by atoms with E-state index in [1.165, 1.54) is 11.3 Å². The minimum atomic E-state index is -0.254. The maximum absolute atomic E-state index is 12.1. The zero-order valence-corrected chi connectivity index (χ0v) is 15.1. The Morgan fingerprint density at radius 3 is 2.85 bits per heavy atom. The molecule has 0 unspecified atom stereocenters.